The predicted octanol–water partition coefficient (Wildman–Crippen LogP) is 6.04. The van der Waals surface area contributed by atoms with Gasteiger partial charge in [0.05, 0.1) is 32.7 Å². The number of hydrogen-bond acceptors (Lipinski definition) is 10. The highest BCUT2D eigenvalue weighted by atomic mass is 32.1. The molecular weight excluding hydrogens is 709 g/mol. The topological polar surface area (TPSA) is 143 Å². The summed E-state index contributed by atoms with van der Waals surface area (Å²) in [4.78, 5) is 66.2. The van der Waals surface area contributed by atoms with Crippen LogP contribution in [0.15, 0.2) is 47.0 Å². The Kier molecular flexibility index (Phi) is 9.94. The van der Waals surface area contributed by atoms with E-state index in [0.717, 1.165) is 100 Å². The Hall–Kier alpha value is -4.40. The number of rotatable bonds is 9. The number of pyridine rings is 1. The number of imidazole rings is 1. The molecule has 0 radical (unpaired) electrons. The number of carbonyl (C=O) groups excluding carboxylic acids is 3. The van der Waals surface area contributed by atoms with E-state index in [4.69, 9.17) is 4.98 Å². The van der Waals surface area contributed by atoms with Gasteiger partial charge in [-0.3, -0.25) is 33.8 Å². The first kappa shape index (κ1) is 35.6. The van der Waals surface area contributed by atoms with Gasteiger partial charge in [0.2, 0.25) is 11.8 Å². The van der Waals surface area contributed by atoms with E-state index < -0.39 is 11.9 Å². The zero-order chi connectivity index (χ0) is 36.8. The number of aromatic nitrogens is 4. The number of amides is 3. The number of imide groups is 1. The molecule has 6 heterocycles. The highest BCUT2D eigenvalue weighted by molar-refractivity contribution is 7.25. The van der Waals surface area contributed by atoms with Gasteiger partial charge in [-0.1, -0.05) is 12.1 Å². The number of thiophene rings is 1. The minimum atomic E-state index is -0.681. The molecule has 2 aliphatic heterocycles. The van der Waals surface area contributed by atoms with Crippen molar-refractivity contribution < 1.29 is 14.4 Å². The van der Waals surface area contributed by atoms with Gasteiger partial charge in [-0.15, -0.1) is 22.7 Å². The lowest BCUT2D eigenvalue weighted by Gasteiger charge is -2.37. The molecule has 1 unspecified atom stereocenters. The number of para-hydroxylation sites is 1. The molecule has 278 valence electrons. The van der Waals surface area contributed by atoms with Gasteiger partial charge in [0, 0.05) is 54.8 Å². The molecule has 4 aromatic heterocycles. The normalized spacial score (nSPS) is 21.8. The lowest BCUT2D eigenvalue weighted by Crippen LogP contribution is -2.44. The maximum Gasteiger partial charge on any atom is 0.329 e. The Morgan fingerprint density at radius 1 is 1.02 bits per heavy atom. The van der Waals surface area contributed by atoms with Gasteiger partial charge < -0.3 is 15.5 Å². The van der Waals surface area contributed by atoms with Crippen LogP contribution in [0.5, 0.6) is 0 Å². The van der Waals surface area contributed by atoms with Crippen LogP contribution in [0, 0.1) is 5.92 Å². The molecule has 2 saturated heterocycles. The van der Waals surface area contributed by atoms with Crippen molar-refractivity contribution in [3.05, 3.63) is 63.8 Å². The summed E-state index contributed by atoms with van der Waals surface area (Å²) in [6.07, 6.45) is 10.2. The van der Waals surface area contributed by atoms with Gasteiger partial charge in [-0.05, 0) is 101 Å². The summed E-state index contributed by atoms with van der Waals surface area (Å²) < 4.78 is 3.26. The smallest absolute Gasteiger partial charge is 0.329 e. The fourth-order valence-electron chi connectivity index (χ4n) is 8.64. The van der Waals surface area contributed by atoms with E-state index >= 15 is 0 Å². The van der Waals surface area contributed by atoms with Gasteiger partial charge in [0.1, 0.15) is 10.9 Å². The Morgan fingerprint density at radius 2 is 1.81 bits per heavy atom. The largest absolute Gasteiger partial charge is 0.382 e. The summed E-state index contributed by atoms with van der Waals surface area (Å²) in [5.41, 5.74) is 5.85. The summed E-state index contributed by atoms with van der Waals surface area (Å²) in [5.74, 6) is 0.149. The summed E-state index contributed by atoms with van der Waals surface area (Å²) in [6, 6.07) is 7.78. The Bertz CT molecular complexity index is 2220. The third kappa shape index (κ3) is 7.04. The molecule has 1 saturated carbocycles. The standard InChI is InChI=1S/C39H46N8O4S2/c1-22(2)42-34-27-17-31(32-19-40-21-52-32)53-38(27)41-18-28(34)36(49)43-25-9-7-23(8-10-25)20-46-15-13-24(14-16-46)26-5-4-6-29-35(26)45(3)39(51)47(29)30-11-12-33(48)44-37(30)50/h4-6,17-19,21-25,30H,7-16,20H2,1-3H3,(H,41,42)(H,43,49)(H,44,48,50). The van der Waals surface area contributed by atoms with Gasteiger partial charge >= 0.3 is 5.69 Å². The number of hydrogen-bond donors (Lipinski definition) is 3. The van der Waals surface area contributed by atoms with Crippen molar-refractivity contribution in [1.82, 2.24) is 34.6 Å². The monoisotopic (exact) mass is 754 g/mol. The van der Waals surface area contributed by atoms with Gasteiger partial charge in [0.15, 0.2) is 0 Å². The van der Waals surface area contributed by atoms with Crippen LogP contribution in [0.2, 0.25) is 0 Å². The molecule has 12 nitrogen and oxygen atoms in total. The maximum absolute atomic E-state index is 13.7. The van der Waals surface area contributed by atoms with E-state index in [2.05, 4.69) is 51.8 Å². The van der Waals surface area contributed by atoms with Crippen LogP contribution in [-0.4, -0.2) is 73.4 Å². The van der Waals surface area contributed by atoms with E-state index in [1.165, 1.54) is 0 Å². The molecule has 8 rings (SSSR count). The van der Waals surface area contributed by atoms with Gasteiger partial charge in [-0.25, -0.2) is 9.78 Å². The van der Waals surface area contributed by atoms with E-state index in [1.807, 2.05) is 23.8 Å². The minimum absolute atomic E-state index is 0.0708. The molecule has 14 heteroatoms. The SMILES string of the molecule is CC(C)Nc1c(C(=O)NC2CCC(CN3CCC(c4cccc5c4n(C)c(=O)n5C4CCC(=O)NC4=O)CC3)CC2)cnc2sc(-c3cncs3)cc12. The molecular formula is C39H46N8O4S2. The van der Waals surface area contributed by atoms with Gasteiger partial charge in [0.25, 0.3) is 5.91 Å². The number of carbonyl (C=O) groups is 3. The van der Waals surface area contributed by atoms with Crippen molar-refractivity contribution in [3.8, 4) is 9.75 Å². The molecule has 3 amide bonds. The first-order valence-corrected chi connectivity index (χ1v) is 20.5. The van der Waals surface area contributed by atoms with Crippen molar-refractivity contribution >= 4 is 67.3 Å². The highest BCUT2D eigenvalue weighted by Crippen LogP contribution is 2.39. The molecule has 5 aromatic rings. The molecule has 53 heavy (non-hydrogen) atoms. The number of thiazole rings is 1. The number of nitrogens with one attached hydrogen (secondary N) is 3. The highest BCUT2D eigenvalue weighted by Gasteiger charge is 2.33. The Labute approximate surface area is 316 Å². The Morgan fingerprint density at radius 3 is 2.53 bits per heavy atom. The zero-order valence-corrected chi connectivity index (χ0v) is 32.0. The number of aryl methyl sites for hydroxylation is 1. The number of anilines is 1. The first-order chi connectivity index (χ1) is 25.6. The Balaban J connectivity index is 0.872. The summed E-state index contributed by atoms with van der Waals surface area (Å²) in [6.45, 7) is 7.22. The van der Waals surface area contributed by atoms with E-state index in [0.29, 0.717) is 23.8 Å². The third-order valence-electron chi connectivity index (χ3n) is 11.3. The van der Waals surface area contributed by atoms with Crippen LogP contribution in [0.25, 0.3) is 31.0 Å². The molecule has 0 bridgehead atoms. The van der Waals surface area contributed by atoms with E-state index in [-0.39, 0.29) is 36.0 Å². The van der Waals surface area contributed by atoms with Crippen molar-refractivity contribution in [1.29, 1.82) is 0 Å². The van der Waals surface area contributed by atoms with Crippen molar-refractivity contribution in [2.24, 2.45) is 13.0 Å². The number of likely N-dealkylation sites (tertiary alicyclic amines) is 1. The van der Waals surface area contributed by atoms with Crippen LogP contribution in [0.1, 0.15) is 93.1 Å². The second-order valence-corrected chi connectivity index (χ2v) is 17.1. The number of benzene rings is 1. The second kappa shape index (κ2) is 14.8. The van der Waals surface area contributed by atoms with Crippen LogP contribution < -0.4 is 21.6 Å². The lowest BCUT2D eigenvalue weighted by molar-refractivity contribution is -0.135. The molecule has 0 spiro atoms. The van der Waals surface area contributed by atoms with Gasteiger partial charge in [-0.2, -0.15) is 0 Å². The lowest BCUT2D eigenvalue weighted by atomic mass is 9.84. The molecule has 3 N–H and O–H groups in total. The molecule has 1 aliphatic carbocycles. The molecule has 3 fully saturated rings. The van der Waals surface area contributed by atoms with Crippen LogP contribution >= 0.6 is 22.7 Å². The molecule has 3 aliphatic rings. The molecule has 1 atom stereocenters. The maximum atomic E-state index is 13.7. The average Bonchev–Trinajstić information content (AvgIpc) is 3.89. The minimum Gasteiger partial charge on any atom is -0.382 e. The zero-order valence-electron chi connectivity index (χ0n) is 30.4. The summed E-state index contributed by atoms with van der Waals surface area (Å²) in [5, 5.41) is 10.3. The second-order valence-electron chi connectivity index (χ2n) is 15.2. The third-order valence-corrected chi connectivity index (χ3v) is 13.3. The number of nitrogens with zero attached hydrogens (tertiary/aromatic N) is 5. The van der Waals surface area contributed by atoms with Crippen LogP contribution in [-0.2, 0) is 16.6 Å². The summed E-state index contributed by atoms with van der Waals surface area (Å²) >= 11 is 3.22. The predicted molar refractivity (Wildman–Crippen MR) is 210 cm³/mol. The van der Waals surface area contributed by atoms with Crippen LogP contribution in [0.4, 0.5) is 5.69 Å². The average molecular weight is 755 g/mol. The van der Waals surface area contributed by atoms with Crippen molar-refractivity contribution in [3.63, 3.8) is 0 Å². The van der Waals surface area contributed by atoms with Crippen LogP contribution in [0.3, 0.4) is 0 Å². The van der Waals surface area contributed by atoms with Crippen molar-refractivity contribution in [2.75, 3.05) is 25.0 Å². The fourth-order valence-corrected chi connectivity index (χ4v) is 10.4. The summed E-state index contributed by atoms with van der Waals surface area (Å²) in [7, 11) is 1.78. The van der Waals surface area contributed by atoms with E-state index in [1.54, 1.807) is 45.1 Å². The number of fused-ring (bicyclic) bond motifs is 2. The fraction of sp³-hybridized carbons (Fsp3) is 0.487. The van der Waals surface area contributed by atoms with Crippen molar-refractivity contribution in [2.45, 2.75) is 89.3 Å². The number of piperidine rings is 2. The molecule has 1 aromatic carbocycles. The quantitative estimate of drug-likeness (QED) is 0.155. The van der Waals surface area contributed by atoms with E-state index in [9.17, 15) is 19.2 Å². The first-order valence-electron chi connectivity index (χ1n) is 18.8.